The van der Waals surface area contributed by atoms with E-state index in [0.717, 1.165) is 12.1 Å². The Balaban J connectivity index is 1.80. The fourth-order valence-electron chi connectivity index (χ4n) is 2.79. The first kappa shape index (κ1) is 22.9. The molecule has 3 rings (SSSR count). The number of anilines is 1. The van der Waals surface area contributed by atoms with Gasteiger partial charge in [-0.05, 0) is 49.7 Å². The number of hydrogen-bond acceptors (Lipinski definition) is 6. The third kappa shape index (κ3) is 5.66. The van der Waals surface area contributed by atoms with Crippen molar-refractivity contribution in [3.8, 4) is 11.8 Å². The molecule has 0 atom stereocenters. The van der Waals surface area contributed by atoms with Crippen LogP contribution in [-0.4, -0.2) is 22.5 Å². The van der Waals surface area contributed by atoms with Crippen LogP contribution < -0.4 is 5.32 Å². The first-order chi connectivity index (χ1) is 15.3. The Morgan fingerprint density at radius 2 is 1.84 bits per heavy atom. The number of ether oxygens (including phenoxy) is 1. The number of carbonyl (C=O) groups is 1. The average molecular weight is 443 g/mol. The predicted molar refractivity (Wildman–Crippen MR) is 111 cm³/mol. The normalized spacial score (nSPS) is 10.9. The van der Waals surface area contributed by atoms with Crippen molar-refractivity contribution in [2.75, 3.05) is 11.9 Å². The summed E-state index contributed by atoms with van der Waals surface area (Å²) in [5, 5.41) is 3.11. The van der Waals surface area contributed by atoms with Crippen LogP contribution in [-0.2, 0) is 23.9 Å². The summed E-state index contributed by atoms with van der Waals surface area (Å²) in [6, 6.07) is 7.79. The Kier molecular flexibility index (Phi) is 7.15. The molecule has 0 fully saturated rings. The van der Waals surface area contributed by atoms with E-state index in [1.165, 1.54) is 24.5 Å². The first-order valence-corrected chi connectivity index (χ1v) is 9.84. The van der Waals surface area contributed by atoms with Gasteiger partial charge in [0.15, 0.2) is 0 Å². The highest BCUT2D eigenvalue weighted by Crippen LogP contribution is 2.29. The highest BCUT2D eigenvalue weighted by Gasteiger charge is 2.29. The summed E-state index contributed by atoms with van der Waals surface area (Å²) in [7, 11) is 0. The summed E-state index contributed by atoms with van der Waals surface area (Å²) in [6.07, 6.45) is -2.41. The summed E-state index contributed by atoms with van der Waals surface area (Å²) >= 11 is 0. The molecule has 0 amide bonds. The Morgan fingerprint density at radius 3 is 2.50 bits per heavy atom. The van der Waals surface area contributed by atoms with Crippen molar-refractivity contribution < 1.29 is 27.1 Å². The molecular weight excluding hydrogens is 423 g/mol. The van der Waals surface area contributed by atoms with E-state index in [-0.39, 0.29) is 18.9 Å². The van der Waals surface area contributed by atoms with E-state index in [9.17, 15) is 18.0 Å². The van der Waals surface area contributed by atoms with Gasteiger partial charge >= 0.3 is 12.1 Å². The number of carbonyl (C=O) groups excluding carboxylic acids is 1. The summed E-state index contributed by atoms with van der Waals surface area (Å²) in [4.78, 5) is 20.2. The number of rotatable bonds is 6. The van der Waals surface area contributed by atoms with Crippen LogP contribution in [0.15, 0.2) is 47.1 Å². The molecule has 0 unspecified atom stereocenters. The van der Waals surface area contributed by atoms with Crippen LogP contribution >= 0.6 is 0 Å². The van der Waals surface area contributed by atoms with Gasteiger partial charge in [-0.15, -0.1) is 0 Å². The molecule has 1 N–H and O–H groups in total. The zero-order valence-corrected chi connectivity index (χ0v) is 17.4. The van der Waals surface area contributed by atoms with Crippen LogP contribution in [0.5, 0.6) is 0 Å². The van der Waals surface area contributed by atoms with Crippen LogP contribution in [0, 0.1) is 11.8 Å². The Morgan fingerprint density at radius 1 is 1.09 bits per heavy atom. The number of hydrogen-bond donors (Lipinski definition) is 1. The van der Waals surface area contributed by atoms with Crippen molar-refractivity contribution in [3.05, 3.63) is 76.6 Å². The molecule has 0 saturated carbocycles. The molecule has 3 aromatic rings. The molecule has 2 aromatic heterocycles. The number of nitrogens with one attached hydrogen (secondary N) is 1. The van der Waals surface area contributed by atoms with Crippen LogP contribution in [0.25, 0.3) is 0 Å². The number of esters is 1. The lowest BCUT2D eigenvalue weighted by molar-refractivity contribution is -0.137. The standard InChI is InChI=1S/C23H20F3N3O3/c1-3-19-18(11-7-15-5-8-16(9-6-15)23(24,25)26)21(29-14-28-19)27-13-17-10-12-20(32-17)22(30)31-4-2/h5-6,8-10,12,14H,3-4,13H2,1-2H3,(H,27,28,29). The lowest BCUT2D eigenvalue weighted by atomic mass is 10.1. The van der Waals surface area contributed by atoms with Gasteiger partial charge < -0.3 is 14.5 Å². The lowest BCUT2D eigenvalue weighted by Crippen LogP contribution is -2.07. The van der Waals surface area contributed by atoms with E-state index in [1.807, 2.05) is 6.92 Å². The zero-order chi connectivity index (χ0) is 23.1. The molecular formula is C23H20F3N3O3. The van der Waals surface area contributed by atoms with Crippen LogP contribution in [0.2, 0.25) is 0 Å². The average Bonchev–Trinajstić information content (AvgIpc) is 3.25. The van der Waals surface area contributed by atoms with Gasteiger partial charge in [-0.1, -0.05) is 18.8 Å². The molecule has 0 saturated heterocycles. The highest BCUT2D eigenvalue weighted by molar-refractivity contribution is 5.86. The SMILES string of the molecule is CCOC(=O)c1ccc(CNc2ncnc(CC)c2C#Cc2ccc(C(F)(F)F)cc2)o1. The molecule has 0 spiro atoms. The minimum atomic E-state index is -4.40. The van der Waals surface area contributed by atoms with Crippen molar-refractivity contribution in [1.82, 2.24) is 9.97 Å². The van der Waals surface area contributed by atoms with Crippen LogP contribution in [0.1, 0.15) is 52.5 Å². The van der Waals surface area contributed by atoms with Gasteiger partial charge in [-0.25, -0.2) is 14.8 Å². The molecule has 0 aliphatic carbocycles. The van der Waals surface area contributed by atoms with Crippen molar-refractivity contribution in [2.45, 2.75) is 33.0 Å². The molecule has 32 heavy (non-hydrogen) atoms. The minimum absolute atomic E-state index is 0.0999. The molecule has 0 bridgehead atoms. The van der Waals surface area contributed by atoms with Gasteiger partial charge in [0.05, 0.1) is 30.0 Å². The Labute approximate surface area is 182 Å². The maximum atomic E-state index is 12.7. The van der Waals surface area contributed by atoms with E-state index in [0.29, 0.717) is 34.8 Å². The fraction of sp³-hybridized carbons (Fsp3) is 0.261. The smallest absolute Gasteiger partial charge is 0.416 e. The number of aryl methyl sites for hydroxylation is 1. The zero-order valence-electron chi connectivity index (χ0n) is 17.4. The maximum Gasteiger partial charge on any atom is 0.416 e. The molecule has 6 nitrogen and oxygen atoms in total. The molecule has 0 aliphatic rings. The molecule has 166 valence electrons. The summed E-state index contributed by atoms with van der Waals surface area (Å²) in [5.74, 6) is 6.32. The van der Waals surface area contributed by atoms with Crippen molar-refractivity contribution in [2.24, 2.45) is 0 Å². The van der Waals surface area contributed by atoms with Crippen molar-refractivity contribution in [1.29, 1.82) is 0 Å². The van der Waals surface area contributed by atoms with Crippen LogP contribution in [0.4, 0.5) is 19.0 Å². The van der Waals surface area contributed by atoms with Gasteiger partial charge in [0, 0.05) is 5.56 Å². The van der Waals surface area contributed by atoms with E-state index < -0.39 is 17.7 Å². The van der Waals surface area contributed by atoms with Crippen molar-refractivity contribution in [3.63, 3.8) is 0 Å². The molecule has 2 heterocycles. The third-order valence-electron chi connectivity index (χ3n) is 4.37. The second kappa shape index (κ2) is 10.0. The van der Waals surface area contributed by atoms with E-state index in [2.05, 4.69) is 27.1 Å². The van der Waals surface area contributed by atoms with Gasteiger partial charge in [0.1, 0.15) is 17.9 Å². The van der Waals surface area contributed by atoms with Gasteiger partial charge in [-0.2, -0.15) is 13.2 Å². The number of furan rings is 1. The van der Waals surface area contributed by atoms with Gasteiger partial charge in [0.25, 0.3) is 0 Å². The van der Waals surface area contributed by atoms with Gasteiger partial charge in [-0.3, -0.25) is 0 Å². The minimum Gasteiger partial charge on any atom is -0.460 e. The largest absolute Gasteiger partial charge is 0.460 e. The quantitative estimate of drug-likeness (QED) is 0.434. The lowest BCUT2D eigenvalue weighted by Gasteiger charge is -2.09. The second-order valence-electron chi connectivity index (χ2n) is 6.56. The third-order valence-corrected chi connectivity index (χ3v) is 4.37. The number of benzene rings is 1. The number of alkyl halides is 3. The Bertz CT molecular complexity index is 1140. The van der Waals surface area contributed by atoms with Crippen LogP contribution in [0.3, 0.4) is 0 Å². The Hall–Kier alpha value is -3.80. The highest BCUT2D eigenvalue weighted by atomic mass is 19.4. The van der Waals surface area contributed by atoms with E-state index in [1.54, 1.807) is 13.0 Å². The number of aromatic nitrogens is 2. The topological polar surface area (TPSA) is 77.2 Å². The van der Waals surface area contributed by atoms with E-state index >= 15 is 0 Å². The summed E-state index contributed by atoms with van der Waals surface area (Å²) < 4.78 is 48.6. The molecule has 9 heteroatoms. The fourth-order valence-corrected chi connectivity index (χ4v) is 2.79. The number of nitrogens with zero attached hydrogens (tertiary/aromatic N) is 2. The van der Waals surface area contributed by atoms with E-state index in [4.69, 9.17) is 9.15 Å². The molecule has 0 radical (unpaired) electrons. The monoisotopic (exact) mass is 443 g/mol. The maximum absolute atomic E-state index is 12.7. The first-order valence-electron chi connectivity index (χ1n) is 9.84. The molecule has 0 aliphatic heterocycles. The van der Waals surface area contributed by atoms with Crippen molar-refractivity contribution >= 4 is 11.8 Å². The second-order valence-corrected chi connectivity index (χ2v) is 6.56. The number of halogens is 3. The van der Waals surface area contributed by atoms with Gasteiger partial charge in [0.2, 0.25) is 5.76 Å². The predicted octanol–water partition coefficient (Wildman–Crippen LogP) is 4.84. The molecule has 1 aromatic carbocycles. The summed E-state index contributed by atoms with van der Waals surface area (Å²) in [5.41, 5.74) is 0.920. The summed E-state index contributed by atoms with van der Waals surface area (Å²) in [6.45, 7) is 4.09.